The molecule has 1 fully saturated rings. The summed E-state index contributed by atoms with van der Waals surface area (Å²) >= 11 is 3.85. The Bertz CT molecular complexity index is 574. The number of nitrogens with two attached hydrogens (primary N) is 1. The maximum atomic E-state index is 5.66. The first-order valence-electron chi connectivity index (χ1n) is 6.03. The minimum absolute atomic E-state index is 0.301. The van der Waals surface area contributed by atoms with Gasteiger partial charge >= 0.3 is 0 Å². The molecule has 0 aromatic carbocycles. The Labute approximate surface area is 119 Å². The number of nitrogens with zero attached hydrogens (tertiary/aromatic N) is 3. The standard InChI is InChI=1S/C12H14N4OS2/c1-7-10(19-5-4-18-7)11-15-12(17-16-11)8-2-3-14-9(13)6-8/h2-3,6-7,10H,4-5H2,1H3,(H2,13,14). The molecule has 0 radical (unpaired) electrons. The second-order valence-electron chi connectivity index (χ2n) is 4.29. The first-order valence-corrected chi connectivity index (χ1v) is 8.12. The van der Waals surface area contributed by atoms with Crippen molar-refractivity contribution >= 4 is 29.3 Å². The first kappa shape index (κ1) is 12.8. The van der Waals surface area contributed by atoms with Gasteiger partial charge in [-0.25, -0.2) is 4.98 Å². The molecule has 2 N–H and O–H groups in total. The van der Waals surface area contributed by atoms with Crippen molar-refractivity contribution in [1.82, 2.24) is 15.1 Å². The van der Waals surface area contributed by atoms with E-state index in [9.17, 15) is 0 Å². The second-order valence-corrected chi connectivity index (χ2v) is 7.03. The molecule has 2 aromatic rings. The van der Waals surface area contributed by atoms with E-state index in [0.717, 1.165) is 17.1 Å². The minimum Gasteiger partial charge on any atom is -0.384 e. The van der Waals surface area contributed by atoms with E-state index >= 15 is 0 Å². The average molecular weight is 294 g/mol. The molecule has 19 heavy (non-hydrogen) atoms. The van der Waals surface area contributed by atoms with Crippen LogP contribution in [0.5, 0.6) is 0 Å². The third-order valence-corrected chi connectivity index (χ3v) is 6.00. The van der Waals surface area contributed by atoms with Gasteiger partial charge in [-0.05, 0) is 12.1 Å². The van der Waals surface area contributed by atoms with Crippen molar-refractivity contribution in [3.8, 4) is 11.5 Å². The van der Waals surface area contributed by atoms with Crippen LogP contribution in [0.2, 0.25) is 0 Å². The fourth-order valence-electron chi connectivity index (χ4n) is 1.97. The molecular weight excluding hydrogens is 280 g/mol. The highest BCUT2D eigenvalue weighted by molar-refractivity contribution is 8.06. The highest BCUT2D eigenvalue weighted by Crippen LogP contribution is 2.41. The molecule has 1 aliphatic heterocycles. The van der Waals surface area contributed by atoms with E-state index in [-0.39, 0.29) is 0 Å². The summed E-state index contributed by atoms with van der Waals surface area (Å²) in [7, 11) is 0. The van der Waals surface area contributed by atoms with E-state index in [0.29, 0.717) is 22.2 Å². The molecule has 0 saturated carbocycles. The molecule has 3 heterocycles. The van der Waals surface area contributed by atoms with Gasteiger partial charge in [0.2, 0.25) is 0 Å². The SMILES string of the molecule is CC1SCCSC1c1noc(-c2ccnc(N)c2)n1. The van der Waals surface area contributed by atoms with Gasteiger partial charge in [0.25, 0.3) is 5.89 Å². The van der Waals surface area contributed by atoms with Crippen LogP contribution < -0.4 is 5.73 Å². The zero-order valence-electron chi connectivity index (χ0n) is 10.4. The van der Waals surface area contributed by atoms with Crippen LogP contribution in [0.3, 0.4) is 0 Å². The van der Waals surface area contributed by atoms with E-state index in [2.05, 4.69) is 22.0 Å². The van der Waals surface area contributed by atoms with Crippen LogP contribution in [0.1, 0.15) is 18.0 Å². The number of hydrogen-bond acceptors (Lipinski definition) is 7. The Morgan fingerprint density at radius 3 is 3.00 bits per heavy atom. The Balaban J connectivity index is 1.86. The normalized spacial score (nSPS) is 23.4. The van der Waals surface area contributed by atoms with Gasteiger partial charge in [-0.2, -0.15) is 16.7 Å². The summed E-state index contributed by atoms with van der Waals surface area (Å²) in [4.78, 5) is 8.45. The van der Waals surface area contributed by atoms with Crippen molar-refractivity contribution in [3.05, 3.63) is 24.2 Å². The topological polar surface area (TPSA) is 77.8 Å². The van der Waals surface area contributed by atoms with E-state index < -0.39 is 0 Å². The molecule has 3 rings (SSSR count). The number of thioether (sulfide) groups is 2. The number of pyridine rings is 1. The molecule has 100 valence electrons. The Hall–Kier alpha value is -1.21. The molecule has 0 bridgehead atoms. The van der Waals surface area contributed by atoms with Crippen molar-refractivity contribution in [3.63, 3.8) is 0 Å². The zero-order chi connectivity index (χ0) is 13.2. The molecule has 7 heteroatoms. The molecule has 0 amide bonds. The summed E-state index contributed by atoms with van der Waals surface area (Å²) in [6.07, 6.45) is 1.64. The number of aromatic nitrogens is 3. The molecule has 2 aromatic heterocycles. The monoisotopic (exact) mass is 294 g/mol. The van der Waals surface area contributed by atoms with Crippen LogP contribution in [-0.2, 0) is 0 Å². The number of rotatable bonds is 2. The summed E-state index contributed by atoms with van der Waals surface area (Å²) in [6.45, 7) is 2.21. The molecule has 1 saturated heterocycles. The largest absolute Gasteiger partial charge is 0.384 e. The first-order chi connectivity index (χ1) is 9.24. The average Bonchev–Trinajstić information content (AvgIpc) is 2.89. The summed E-state index contributed by atoms with van der Waals surface area (Å²) in [5, 5.41) is 4.92. The Kier molecular flexibility index (Phi) is 3.65. The minimum atomic E-state index is 0.301. The highest BCUT2D eigenvalue weighted by atomic mass is 32.2. The quantitative estimate of drug-likeness (QED) is 0.912. The smallest absolute Gasteiger partial charge is 0.258 e. The predicted octanol–water partition coefficient (Wildman–Crippen LogP) is 2.62. The van der Waals surface area contributed by atoms with Crippen LogP contribution in [0.4, 0.5) is 5.82 Å². The van der Waals surface area contributed by atoms with Crippen LogP contribution in [-0.4, -0.2) is 31.9 Å². The molecule has 0 spiro atoms. The number of anilines is 1. The van der Waals surface area contributed by atoms with Gasteiger partial charge in [-0.3, -0.25) is 0 Å². The zero-order valence-corrected chi connectivity index (χ0v) is 12.1. The lowest BCUT2D eigenvalue weighted by Crippen LogP contribution is -2.16. The number of hydrogen-bond donors (Lipinski definition) is 1. The van der Waals surface area contributed by atoms with Crippen molar-refractivity contribution in [2.75, 3.05) is 17.2 Å². The van der Waals surface area contributed by atoms with Crippen molar-refractivity contribution in [2.24, 2.45) is 0 Å². The lowest BCUT2D eigenvalue weighted by Gasteiger charge is -2.24. The summed E-state index contributed by atoms with van der Waals surface area (Å²) < 4.78 is 5.34. The molecular formula is C12H14N4OS2. The third-order valence-electron chi connectivity index (χ3n) is 2.91. The van der Waals surface area contributed by atoms with Gasteiger partial charge in [0, 0.05) is 28.5 Å². The van der Waals surface area contributed by atoms with E-state index in [1.54, 1.807) is 12.3 Å². The third kappa shape index (κ3) is 2.71. The van der Waals surface area contributed by atoms with E-state index in [4.69, 9.17) is 10.3 Å². The predicted molar refractivity (Wildman–Crippen MR) is 79.1 cm³/mol. The fraction of sp³-hybridized carbons (Fsp3) is 0.417. The molecule has 1 aliphatic rings. The van der Waals surface area contributed by atoms with Gasteiger partial charge in [-0.15, -0.1) is 11.8 Å². The molecule has 2 unspecified atom stereocenters. The second kappa shape index (κ2) is 5.42. The van der Waals surface area contributed by atoms with Crippen LogP contribution >= 0.6 is 23.5 Å². The molecule has 0 aliphatic carbocycles. The van der Waals surface area contributed by atoms with Gasteiger partial charge in [-0.1, -0.05) is 12.1 Å². The van der Waals surface area contributed by atoms with Crippen molar-refractivity contribution in [1.29, 1.82) is 0 Å². The Morgan fingerprint density at radius 1 is 1.37 bits per heavy atom. The van der Waals surface area contributed by atoms with Gasteiger partial charge in [0.1, 0.15) is 5.82 Å². The van der Waals surface area contributed by atoms with Crippen LogP contribution in [0.15, 0.2) is 22.9 Å². The molecule has 5 nitrogen and oxygen atoms in total. The van der Waals surface area contributed by atoms with Crippen molar-refractivity contribution < 1.29 is 4.52 Å². The Morgan fingerprint density at radius 2 is 2.21 bits per heavy atom. The van der Waals surface area contributed by atoms with Crippen molar-refractivity contribution in [2.45, 2.75) is 17.4 Å². The van der Waals surface area contributed by atoms with Gasteiger partial charge in [0.05, 0.1) is 5.25 Å². The summed E-state index contributed by atoms with van der Waals surface area (Å²) in [6, 6.07) is 3.56. The van der Waals surface area contributed by atoms with Crippen LogP contribution in [0.25, 0.3) is 11.5 Å². The highest BCUT2D eigenvalue weighted by Gasteiger charge is 2.28. The van der Waals surface area contributed by atoms with E-state index in [1.807, 2.05) is 29.6 Å². The van der Waals surface area contributed by atoms with Gasteiger partial charge in [0.15, 0.2) is 5.82 Å². The maximum absolute atomic E-state index is 5.66. The fourth-order valence-corrected chi connectivity index (χ4v) is 4.64. The lowest BCUT2D eigenvalue weighted by atomic mass is 10.2. The van der Waals surface area contributed by atoms with Crippen LogP contribution in [0, 0.1) is 0 Å². The molecule has 2 atom stereocenters. The summed E-state index contributed by atoms with van der Waals surface area (Å²) in [5.41, 5.74) is 6.47. The lowest BCUT2D eigenvalue weighted by molar-refractivity contribution is 0.422. The number of nitrogen functional groups attached to an aromatic ring is 1. The summed E-state index contributed by atoms with van der Waals surface area (Å²) in [5.74, 6) is 4.05. The van der Waals surface area contributed by atoms with Gasteiger partial charge < -0.3 is 10.3 Å². The van der Waals surface area contributed by atoms with E-state index in [1.165, 1.54) is 5.75 Å². The maximum Gasteiger partial charge on any atom is 0.258 e.